The zero-order valence-electron chi connectivity index (χ0n) is 10.7. The summed E-state index contributed by atoms with van der Waals surface area (Å²) < 4.78 is 0. The molecule has 0 aliphatic carbocycles. The van der Waals surface area contributed by atoms with Crippen molar-refractivity contribution in [3.8, 4) is 0 Å². The number of hydrogen-bond acceptors (Lipinski definition) is 2. The molecule has 4 heteroatoms. The van der Waals surface area contributed by atoms with Crippen LogP contribution >= 0.6 is 0 Å². The number of benzene rings is 1. The van der Waals surface area contributed by atoms with Gasteiger partial charge in [-0.05, 0) is 38.5 Å². The molecule has 0 radical (unpaired) electrons. The van der Waals surface area contributed by atoms with Gasteiger partial charge < -0.3 is 16.0 Å². The topological polar surface area (TPSA) is 58.4 Å². The van der Waals surface area contributed by atoms with Gasteiger partial charge in [-0.25, -0.2) is 4.79 Å². The normalized spacial score (nSPS) is 10.4. The molecule has 0 saturated carbocycles. The summed E-state index contributed by atoms with van der Waals surface area (Å²) >= 11 is 0. The first kappa shape index (κ1) is 13.4. The highest BCUT2D eigenvalue weighted by atomic mass is 16.2. The van der Waals surface area contributed by atoms with E-state index in [9.17, 15) is 4.79 Å². The lowest BCUT2D eigenvalue weighted by atomic mass is 10.2. The van der Waals surface area contributed by atoms with Crippen LogP contribution in [0.15, 0.2) is 24.3 Å². The van der Waals surface area contributed by atoms with Crippen molar-refractivity contribution in [1.82, 2.24) is 10.2 Å². The molecule has 1 aromatic rings. The van der Waals surface area contributed by atoms with Crippen LogP contribution in [0, 0.1) is 0 Å². The molecule has 0 bridgehead atoms. The molecular weight excluding hydrogens is 214 g/mol. The van der Waals surface area contributed by atoms with Crippen LogP contribution in [0.4, 0.5) is 10.5 Å². The third-order valence-electron chi connectivity index (χ3n) is 2.41. The first-order chi connectivity index (χ1) is 8.02. The Labute approximate surface area is 103 Å². The van der Waals surface area contributed by atoms with E-state index in [-0.39, 0.29) is 12.1 Å². The van der Waals surface area contributed by atoms with E-state index in [0.717, 1.165) is 11.3 Å². The van der Waals surface area contributed by atoms with Crippen molar-refractivity contribution in [2.75, 3.05) is 12.3 Å². The SMILES string of the molecule is CCN(Cc1cccc(N)c1)C(=O)NC(C)C. The van der Waals surface area contributed by atoms with Crippen LogP contribution < -0.4 is 11.1 Å². The second kappa shape index (κ2) is 6.13. The number of nitrogens with zero attached hydrogens (tertiary/aromatic N) is 1. The van der Waals surface area contributed by atoms with Gasteiger partial charge in [0.2, 0.25) is 0 Å². The fraction of sp³-hybridized carbons (Fsp3) is 0.462. The van der Waals surface area contributed by atoms with Gasteiger partial charge in [0.15, 0.2) is 0 Å². The molecule has 0 aromatic heterocycles. The van der Waals surface area contributed by atoms with Crippen molar-refractivity contribution in [2.24, 2.45) is 0 Å². The van der Waals surface area contributed by atoms with Crippen molar-refractivity contribution in [3.05, 3.63) is 29.8 Å². The molecule has 17 heavy (non-hydrogen) atoms. The summed E-state index contributed by atoms with van der Waals surface area (Å²) in [5.74, 6) is 0. The molecule has 0 aliphatic rings. The molecular formula is C13H21N3O. The Morgan fingerprint density at radius 3 is 2.71 bits per heavy atom. The summed E-state index contributed by atoms with van der Waals surface area (Å²) in [5.41, 5.74) is 7.49. The maximum atomic E-state index is 11.9. The highest BCUT2D eigenvalue weighted by Crippen LogP contribution is 2.09. The zero-order chi connectivity index (χ0) is 12.8. The number of amides is 2. The third-order valence-corrected chi connectivity index (χ3v) is 2.41. The first-order valence-electron chi connectivity index (χ1n) is 5.92. The average molecular weight is 235 g/mol. The molecule has 0 heterocycles. The molecule has 0 fully saturated rings. The van der Waals surface area contributed by atoms with Gasteiger partial charge in [-0.3, -0.25) is 0 Å². The zero-order valence-corrected chi connectivity index (χ0v) is 10.7. The van der Waals surface area contributed by atoms with E-state index in [2.05, 4.69) is 5.32 Å². The molecule has 4 nitrogen and oxygen atoms in total. The lowest BCUT2D eigenvalue weighted by molar-refractivity contribution is 0.195. The van der Waals surface area contributed by atoms with Gasteiger partial charge in [0.25, 0.3) is 0 Å². The summed E-state index contributed by atoms with van der Waals surface area (Å²) in [6.45, 7) is 7.12. The van der Waals surface area contributed by atoms with Gasteiger partial charge in [0.1, 0.15) is 0 Å². The molecule has 2 amide bonds. The number of anilines is 1. The van der Waals surface area contributed by atoms with E-state index in [1.807, 2.05) is 45.0 Å². The summed E-state index contributed by atoms with van der Waals surface area (Å²) in [5, 5.41) is 2.88. The molecule has 1 rings (SSSR count). The Morgan fingerprint density at radius 1 is 1.47 bits per heavy atom. The minimum atomic E-state index is -0.0371. The number of rotatable bonds is 4. The molecule has 1 aromatic carbocycles. The van der Waals surface area contributed by atoms with Crippen LogP contribution in [0.25, 0.3) is 0 Å². The van der Waals surface area contributed by atoms with E-state index < -0.39 is 0 Å². The molecule has 0 spiro atoms. The van der Waals surface area contributed by atoms with Gasteiger partial charge in [0.05, 0.1) is 0 Å². The standard InChI is InChI=1S/C13H21N3O/c1-4-16(13(17)15-10(2)3)9-11-6-5-7-12(14)8-11/h5-8,10H,4,9,14H2,1-3H3,(H,15,17). The third kappa shape index (κ3) is 4.34. The Morgan fingerprint density at radius 2 is 2.18 bits per heavy atom. The van der Waals surface area contributed by atoms with Crippen LogP contribution in [0.2, 0.25) is 0 Å². The Balaban J connectivity index is 2.66. The summed E-state index contributed by atoms with van der Waals surface area (Å²) in [6, 6.07) is 7.72. The molecule has 0 saturated heterocycles. The number of carbonyl (C=O) groups is 1. The highest BCUT2D eigenvalue weighted by Gasteiger charge is 2.12. The van der Waals surface area contributed by atoms with Crippen LogP contribution in [-0.2, 0) is 6.54 Å². The number of nitrogen functional groups attached to an aromatic ring is 1. The molecule has 3 N–H and O–H groups in total. The predicted octanol–water partition coefficient (Wildman–Crippen LogP) is 2.21. The van der Waals surface area contributed by atoms with Crippen molar-refractivity contribution in [1.29, 1.82) is 0 Å². The van der Waals surface area contributed by atoms with Gasteiger partial charge in [0, 0.05) is 24.8 Å². The van der Waals surface area contributed by atoms with E-state index >= 15 is 0 Å². The van der Waals surface area contributed by atoms with Crippen molar-refractivity contribution < 1.29 is 4.79 Å². The summed E-state index contributed by atoms with van der Waals surface area (Å²) in [4.78, 5) is 13.6. The van der Waals surface area contributed by atoms with Crippen LogP contribution in [0.3, 0.4) is 0 Å². The van der Waals surface area contributed by atoms with E-state index in [1.54, 1.807) is 4.90 Å². The van der Waals surface area contributed by atoms with Crippen molar-refractivity contribution in [2.45, 2.75) is 33.4 Å². The molecule has 94 valence electrons. The second-order valence-electron chi connectivity index (χ2n) is 4.36. The van der Waals surface area contributed by atoms with E-state index in [1.165, 1.54) is 0 Å². The van der Waals surface area contributed by atoms with E-state index in [0.29, 0.717) is 13.1 Å². The van der Waals surface area contributed by atoms with Crippen LogP contribution in [-0.4, -0.2) is 23.5 Å². The predicted molar refractivity (Wildman–Crippen MR) is 70.6 cm³/mol. The number of carbonyl (C=O) groups excluding carboxylic acids is 1. The number of nitrogens with two attached hydrogens (primary N) is 1. The maximum absolute atomic E-state index is 11.9. The minimum Gasteiger partial charge on any atom is -0.399 e. The van der Waals surface area contributed by atoms with Crippen LogP contribution in [0.1, 0.15) is 26.3 Å². The van der Waals surface area contributed by atoms with Gasteiger partial charge in [-0.15, -0.1) is 0 Å². The first-order valence-corrected chi connectivity index (χ1v) is 5.92. The van der Waals surface area contributed by atoms with Crippen molar-refractivity contribution in [3.63, 3.8) is 0 Å². The second-order valence-corrected chi connectivity index (χ2v) is 4.36. The number of nitrogens with one attached hydrogen (secondary N) is 1. The monoisotopic (exact) mass is 235 g/mol. The Bertz CT molecular complexity index is 377. The fourth-order valence-electron chi connectivity index (χ4n) is 1.58. The number of hydrogen-bond donors (Lipinski definition) is 2. The summed E-state index contributed by atoms with van der Waals surface area (Å²) in [6.07, 6.45) is 0. The Kier molecular flexibility index (Phi) is 4.82. The van der Waals surface area contributed by atoms with Crippen molar-refractivity contribution >= 4 is 11.7 Å². The van der Waals surface area contributed by atoms with Gasteiger partial charge >= 0.3 is 6.03 Å². The lowest BCUT2D eigenvalue weighted by Crippen LogP contribution is -2.42. The average Bonchev–Trinajstić information content (AvgIpc) is 2.24. The smallest absolute Gasteiger partial charge is 0.317 e. The fourth-order valence-corrected chi connectivity index (χ4v) is 1.58. The van der Waals surface area contributed by atoms with Gasteiger partial charge in [-0.1, -0.05) is 12.1 Å². The lowest BCUT2D eigenvalue weighted by Gasteiger charge is -2.23. The molecule has 0 unspecified atom stereocenters. The highest BCUT2D eigenvalue weighted by molar-refractivity contribution is 5.74. The van der Waals surface area contributed by atoms with E-state index in [4.69, 9.17) is 5.73 Å². The quantitative estimate of drug-likeness (QED) is 0.786. The Hall–Kier alpha value is -1.71. The summed E-state index contributed by atoms with van der Waals surface area (Å²) in [7, 11) is 0. The maximum Gasteiger partial charge on any atom is 0.317 e. The number of urea groups is 1. The molecule has 0 aliphatic heterocycles. The largest absolute Gasteiger partial charge is 0.399 e. The molecule has 0 atom stereocenters. The van der Waals surface area contributed by atoms with Crippen LogP contribution in [0.5, 0.6) is 0 Å². The van der Waals surface area contributed by atoms with Gasteiger partial charge in [-0.2, -0.15) is 0 Å². The minimum absolute atomic E-state index is 0.0371.